The van der Waals surface area contributed by atoms with Crippen molar-refractivity contribution in [1.82, 2.24) is 10.6 Å². The third-order valence-corrected chi connectivity index (χ3v) is 4.62. The second kappa shape index (κ2) is 10.5. The van der Waals surface area contributed by atoms with E-state index in [1.165, 1.54) is 12.1 Å². The monoisotopic (exact) mass is 339 g/mol. The van der Waals surface area contributed by atoms with Crippen LogP contribution in [-0.4, -0.2) is 44.1 Å². The Morgan fingerprint density at radius 2 is 2.17 bits per heavy atom. The average molecular weight is 339 g/mol. The second-order valence-corrected chi connectivity index (χ2v) is 6.61. The predicted molar refractivity (Wildman–Crippen MR) is 94.7 cm³/mol. The lowest BCUT2D eigenvalue weighted by Gasteiger charge is -2.12. The molecule has 1 saturated heterocycles. The maximum absolute atomic E-state index is 12.8. The number of nitrogens with zero attached hydrogens (tertiary/aromatic N) is 1. The van der Waals surface area contributed by atoms with E-state index in [0.717, 1.165) is 62.1 Å². The van der Waals surface area contributed by atoms with Crippen LogP contribution in [0.4, 0.5) is 4.39 Å². The summed E-state index contributed by atoms with van der Waals surface area (Å²) < 4.78 is 18.4. The summed E-state index contributed by atoms with van der Waals surface area (Å²) in [5.41, 5.74) is 0. The number of hydrogen-bond acceptors (Lipinski definition) is 3. The molecule has 0 aliphatic carbocycles. The average Bonchev–Trinajstić information content (AvgIpc) is 3.07. The van der Waals surface area contributed by atoms with Crippen LogP contribution in [-0.2, 0) is 4.74 Å². The molecule has 128 valence electrons. The molecule has 0 aromatic heterocycles. The zero-order valence-corrected chi connectivity index (χ0v) is 14.5. The van der Waals surface area contributed by atoms with Crippen molar-refractivity contribution < 1.29 is 9.13 Å². The highest BCUT2D eigenvalue weighted by Gasteiger charge is 2.14. The predicted octanol–water partition coefficient (Wildman–Crippen LogP) is 3.04. The molecular weight excluding hydrogens is 313 g/mol. The number of halogens is 1. The van der Waals surface area contributed by atoms with Crippen molar-refractivity contribution in [3.05, 3.63) is 30.1 Å². The Labute approximate surface area is 142 Å². The molecule has 1 unspecified atom stereocenters. The standard InChI is InChI=1S/C17H26FN3OS/c1-2-19-17(21-13-15-5-3-11-22-15)20-10-4-12-23-16-8-6-14(18)7-9-16/h6-9,15H,2-5,10-13H2,1H3,(H2,19,20,21). The Bertz CT molecular complexity index is 475. The van der Waals surface area contributed by atoms with Crippen LogP contribution >= 0.6 is 11.8 Å². The van der Waals surface area contributed by atoms with Gasteiger partial charge in [-0.25, -0.2) is 4.39 Å². The number of guanidine groups is 1. The molecule has 1 aromatic carbocycles. The van der Waals surface area contributed by atoms with E-state index >= 15 is 0 Å². The van der Waals surface area contributed by atoms with Gasteiger partial charge >= 0.3 is 0 Å². The second-order valence-electron chi connectivity index (χ2n) is 5.44. The Hall–Kier alpha value is -1.27. The summed E-state index contributed by atoms with van der Waals surface area (Å²) in [5.74, 6) is 1.66. The normalized spacial score (nSPS) is 18.2. The maximum atomic E-state index is 12.8. The fourth-order valence-corrected chi connectivity index (χ4v) is 3.18. The van der Waals surface area contributed by atoms with Gasteiger partial charge in [0.25, 0.3) is 0 Å². The van der Waals surface area contributed by atoms with Gasteiger partial charge in [-0.3, -0.25) is 4.99 Å². The number of nitrogens with one attached hydrogen (secondary N) is 2. The summed E-state index contributed by atoms with van der Waals surface area (Å²) in [7, 11) is 0. The highest BCUT2D eigenvalue weighted by atomic mass is 32.2. The van der Waals surface area contributed by atoms with E-state index < -0.39 is 0 Å². The fraction of sp³-hybridized carbons (Fsp3) is 0.588. The van der Waals surface area contributed by atoms with Gasteiger partial charge < -0.3 is 15.4 Å². The molecule has 2 rings (SSSR count). The van der Waals surface area contributed by atoms with Crippen molar-refractivity contribution in [2.45, 2.75) is 37.2 Å². The third-order valence-electron chi connectivity index (χ3n) is 3.52. The van der Waals surface area contributed by atoms with Gasteiger partial charge in [-0.2, -0.15) is 0 Å². The summed E-state index contributed by atoms with van der Waals surface area (Å²) in [6.45, 7) is 5.37. The Morgan fingerprint density at radius 3 is 2.87 bits per heavy atom. The molecule has 1 heterocycles. The van der Waals surface area contributed by atoms with Crippen molar-refractivity contribution in [2.75, 3.05) is 32.0 Å². The van der Waals surface area contributed by atoms with Crippen molar-refractivity contribution >= 4 is 17.7 Å². The molecule has 0 saturated carbocycles. The highest BCUT2D eigenvalue weighted by molar-refractivity contribution is 7.99. The number of ether oxygens (including phenoxy) is 1. The first-order chi connectivity index (χ1) is 11.3. The summed E-state index contributed by atoms with van der Waals surface area (Å²) >= 11 is 1.74. The summed E-state index contributed by atoms with van der Waals surface area (Å²) in [4.78, 5) is 5.68. The van der Waals surface area contributed by atoms with Gasteiger partial charge in [-0.1, -0.05) is 0 Å². The molecule has 1 aliphatic rings. The molecule has 0 radical (unpaired) electrons. The van der Waals surface area contributed by atoms with Crippen molar-refractivity contribution in [2.24, 2.45) is 4.99 Å². The quantitative estimate of drug-likeness (QED) is 0.331. The van der Waals surface area contributed by atoms with Crippen molar-refractivity contribution in [3.63, 3.8) is 0 Å². The number of thioether (sulfide) groups is 1. The first-order valence-electron chi connectivity index (χ1n) is 8.30. The Morgan fingerprint density at radius 1 is 1.35 bits per heavy atom. The van der Waals surface area contributed by atoms with E-state index in [2.05, 4.69) is 22.5 Å². The molecule has 23 heavy (non-hydrogen) atoms. The first-order valence-corrected chi connectivity index (χ1v) is 9.28. The van der Waals surface area contributed by atoms with Crippen LogP contribution in [0, 0.1) is 5.82 Å². The lowest BCUT2D eigenvalue weighted by atomic mass is 10.2. The van der Waals surface area contributed by atoms with E-state index in [-0.39, 0.29) is 11.9 Å². The molecule has 1 aromatic rings. The van der Waals surface area contributed by atoms with Crippen molar-refractivity contribution in [1.29, 1.82) is 0 Å². The zero-order chi connectivity index (χ0) is 16.3. The molecular formula is C17H26FN3OS. The molecule has 2 N–H and O–H groups in total. The molecule has 1 atom stereocenters. The minimum atomic E-state index is -0.186. The smallest absolute Gasteiger partial charge is 0.191 e. The lowest BCUT2D eigenvalue weighted by molar-refractivity contribution is 0.117. The number of rotatable bonds is 8. The van der Waals surface area contributed by atoms with E-state index in [9.17, 15) is 4.39 Å². The van der Waals surface area contributed by atoms with Crippen molar-refractivity contribution in [3.8, 4) is 0 Å². The van der Waals surface area contributed by atoms with Crippen LogP contribution < -0.4 is 10.6 Å². The van der Waals surface area contributed by atoms with Crippen LogP contribution in [0.5, 0.6) is 0 Å². The van der Waals surface area contributed by atoms with Gasteiger partial charge in [0.2, 0.25) is 0 Å². The first kappa shape index (κ1) is 18.1. The van der Waals surface area contributed by atoms with E-state index in [4.69, 9.17) is 4.74 Å². The number of hydrogen-bond donors (Lipinski definition) is 2. The zero-order valence-electron chi connectivity index (χ0n) is 13.7. The molecule has 4 nitrogen and oxygen atoms in total. The molecule has 1 aliphatic heterocycles. The molecule has 0 spiro atoms. The summed E-state index contributed by atoms with van der Waals surface area (Å²) in [6, 6.07) is 6.64. The van der Waals surface area contributed by atoms with Gasteiger partial charge in [0.05, 0.1) is 12.6 Å². The molecule has 0 amide bonds. The van der Waals surface area contributed by atoms with Crippen LogP contribution in [0.1, 0.15) is 26.2 Å². The van der Waals surface area contributed by atoms with E-state index in [0.29, 0.717) is 0 Å². The van der Waals surface area contributed by atoms with Gasteiger partial charge in [0.1, 0.15) is 5.82 Å². The van der Waals surface area contributed by atoms with Gasteiger partial charge in [0.15, 0.2) is 5.96 Å². The third kappa shape index (κ3) is 7.22. The maximum Gasteiger partial charge on any atom is 0.191 e. The molecule has 0 bridgehead atoms. The van der Waals surface area contributed by atoms with Gasteiger partial charge in [0, 0.05) is 24.6 Å². The summed E-state index contributed by atoms with van der Waals surface area (Å²) in [5, 5.41) is 6.61. The topological polar surface area (TPSA) is 45.7 Å². The molecule has 6 heteroatoms. The molecule has 1 fully saturated rings. The Balaban J connectivity index is 1.63. The van der Waals surface area contributed by atoms with E-state index in [1.54, 1.807) is 11.8 Å². The minimum Gasteiger partial charge on any atom is -0.376 e. The van der Waals surface area contributed by atoms with Crippen LogP contribution in [0.15, 0.2) is 34.2 Å². The summed E-state index contributed by atoms with van der Waals surface area (Å²) in [6.07, 6.45) is 3.55. The van der Waals surface area contributed by atoms with Crippen LogP contribution in [0.3, 0.4) is 0 Å². The SMILES string of the molecule is CCNC(=NCC1CCCO1)NCCCSc1ccc(F)cc1. The lowest BCUT2D eigenvalue weighted by Crippen LogP contribution is -2.38. The van der Waals surface area contributed by atoms with Crippen LogP contribution in [0.2, 0.25) is 0 Å². The minimum absolute atomic E-state index is 0.186. The number of aliphatic imine (C=N–C) groups is 1. The van der Waals surface area contributed by atoms with E-state index in [1.807, 2.05) is 12.1 Å². The number of benzene rings is 1. The fourth-order valence-electron chi connectivity index (χ4n) is 2.32. The highest BCUT2D eigenvalue weighted by Crippen LogP contribution is 2.18. The Kier molecular flexibility index (Phi) is 8.25. The van der Waals surface area contributed by atoms with Gasteiger partial charge in [-0.15, -0.1) is 11.8 Å². The van der Waals surface area contributed by atoms with Crippen LogP contribution in [0.25, 0.3) is 0 Å². The van der Waals surface area contributed by atoms with Gasteiger partial charge in [-0.05, 0) is 56.2 Å². The largest absolute Gasteiger partial charge is 0.376 e.